The van der Waals surface area contributed by atoms with Crippen LogP contribution in [0.3, 0.4) is 0 Å². The second-order valence-electron chi connectivity index (χ2n) is 2.68. The lowest BCUT2D eigenvalue weighted by Gasteiger charge is -2.04. The summed E-state index contributed by atoms with van der Waals surface area (Å²) in [5, 5.41) is 1.08. The lowest BCUT2D eigenvalue weighted by Crippen LogP contribution is -1.87. The van der Waals surface area contributed by atoms with Crippen molar-refractivity contribution >= 4 is 26.8 Å². The summed E-state index contributed by atoms with van der Waals surface area (Å²) in [5.74, 6) is 0.796. The molecule has 0 unspecified atom stereocenters. The van der Waals surface area contributed by atoms with Crippen molar-refractivity contribution in [3.8, 4) is 5.75 Å². The van der Waals surface area contributed by atoms with Crippen molar-refractivity contribution in [2.45, 2.75) is 0 Å². The monoisotopic (exact) mass is 237 g/mol. The van der Waals surface area contributed by atoms with E-state index in [9.17, 15) is 0 Å². The molecule has 0 radical (unpaired) electrons. The maximum atomic E-state index is 5.22. The topological polar surface area (TPSA) is 22.1 Å². The molecular formula is C10H8BrNO. The molecule has 0 N–H and O–H groups in total. The van der Waals surface area contributed by atoms with Gasteiger partial charge in [-0.3, -0.25) is 4.98 Å². The van der Waals surface area contributed by atoms with Crippen LogP contribution in [-0.2, 0) is 0 Å². The van der Waals surface area contributed by atoms with Crippen molar-refractivity contribution in [3.05, 3.63) is 34.9 Å². The smallest absolute Gasteiger partial charge is 0.146 e. The maximum Gasteiger partial charge on any atom is 0.146 e. The van der Waals surface area contributed by atoms with Gasteiger partial charge in [0, 0.05) is 16.1 Å². The van der Waals surface area contributed by atoms with Crippen molar-refractivity contribution in [2.24, 2.45) is 0 Å². The van der Waals surface area contributed by atoms with E-state index in [2.05, 4.69) is 20.9 Å². The van der Waals surface area contributed by atoms with Gasteiger partial charge in [0.25, 0.3) is 0 Å². The van der Waals surface area contributed by atoms with Crippen molar-refractivity contribution in [2.75, 3.05) is 7.11 Å². The SMILES string of the molecule is COc1cc(Br)cc2cccnc12. The van der Waals surface area contributed by atoms with E-state index in [1.807, 2.05) is 24.3 Å². The second-order valence-corrected chi connectivity index (χ2v) is 3.60. The molecule has 0 aliphatic heterocycles. The highest BCUT2D eigenvalue weighted by Crippen LogP contribution is 2.27. The number of pyridine rings is 1. The van der Waals surface area contributed by atoms with Gasteiger partial charge >= 0.3 is 0 Å². The van der Waals surface area contributed by atoms with Gasteiger partial charge in [-0.2, -0.15) is 0 Å². The summed E-state index contributed by atoms with van der Waals surface area (Å²) in [5.41, 5.74) is 0.896. The molecule has 1 heterocycles. The highest BCUT2D eigenvalue weighted by Gasteiger charge is 2.02. The minimum atomic E-state index is 0.796. The van der Waals surface area contributed by atoms with Crippen LogP contribution in [0.4, 0.5) is 0 Å². The third-order valence-electron chi connectivity index (χ3n) is 1.85. The first kappa shape index (κ1) is 8.51. The van der Waals surface area contributed by atoms with Crippen molar-refractivity contribution < 1.29 is 4.74 Å². The summed E-state index contributed by atoms with van der Waals surface area (Å²) in [6.07, 6.45) is 1.76. The molecule has 2 aromatic rings. The summed E-state index contributed by atoms with van der Waals surface area (Å²) in [7, 11) is 1.65. The van der Waals surface area contributed by atoms with Crippen molar-refractivity contribution in [3.63, 3.8) is 0 Å². The Hall–Kier alpha value is -1.09. The molecule has 0 spiro atoms. The summed E-state index contributed by atoms with van der Waals surface area (Å²) in [6.45, 7) is 0. The van der Waals surface area contributed by atoms with E-state index in [1.54, 1.807) is 13.3 Å². The third-order valence-corrected chi connectivity index (χ3v) is 2.31. The van der Waals surface area contributed by atoms with Crippen LogP contribution < -0.4 is 4.74 Å². The molecule has 0 saturated carbocycles. The molecule has 0 saturated heterocycles. The fourth-order valence-electron chi connectivity index (χ4n) is 1.28. The number of benzene rings is 1. The Morgan fingerprint density at radius 2 is 2.23 bits per heavy atom. The molecule has 0 atom stereocenters. The van der Waals surface area contributed by atoms with Gasteiger partial charge in [-0.1, -0.05) is 22.0 Å². The Labute approximate surface area is 84.7 Å². The number of rotatable bonds is 1. The van der Waals surface area contributed by atoms with Gasteiger partial charge in [0.2, 0.25) is 0 Å². The molecule has 1 aromatic carbocycles. The predicted molar refractivity (Wildman–Crippen MR) is 56.0 cm³/mol. The zero-order chi connectivity index (χ0) is 9.26. The predicted octanol–water partition coefficient (Wildman–Crippen LogP) is 3.01. The van der Waals surface area contributed by atoms with Crippen LogP contribution in [0, 0.1) is 0 Å². The Morgan fingerprint density at radius 3 is 3.00 bits per heavy atom. The van der Waals surface area contributed by atoms with Crippen LogP contribution >= 0.6 is 15.9 Å². The fraction of sp³-hybridized carbons (Fsp3) is 0.100. The number of hydrogen-bond donors (Lipinski definition) is 0. The van der Waals surface area contributed by atoms with Gasteiger partial charge in [-0.25, -0.2) is 0 Å². The lowest BCUT2D eigenvalue weighted by molar-refractivity contribution is 0.418. The van der Waals surface area contributed by atoms with Gasteiger partial charge in [0.05, 0.1) is 7.11 Å². The van der Waals surface area contributed by atoms with Crippen LogP contribution in [0.1, 0.15) is 0 Å². The van der Waals surface area contributed by atoms with Gasteiger partial charge in [0.15, 0.2) is 0 Å². The summed E-state index contributed by atoms with van der Waals surface area (Å²) < 4.78 is 6.22. The number of halogens is 1. The lowest BCUT2D eigenvalue weighted by atomic mass is 10.2. The van der Waals surface area contributed by atoms with Crippen molar-refractivity contribution in [1.29, 1.82) is 0 Å². The highest BCUT2D eigenvalue weighted by atomic mass is 79.9. The molecule has 66 valence electrons. The highest BCUT2D eigenvalue weighted by molar-refractivity contribution is 9.10. The first-order valence-corrected chi connectivity index (χ1v) is 4.69. The first-order valence-electron chi connectivity index (χ1n) is 3.89. The summed E-state index contributed by atoms with van der Waals surface area (Å²) >= 11 is 3.42. The zero-order valence-corrected chi connectivity index (χ0v) is 8.71. The molecule has 0 bridgehead atoms. The van der Waals surface area contributed by atoms with E-state index in [0.29, 0.717) is 0 Å². The average Bonchev–Trinajstić information content (AvgIpc) is 2.16. The number of nitrogens with zero attached hydrogens (tertiary/aromatic N) is 1. The van der Waals surface area contributed by atoms with E-state index in [-0.39, 0.29) is 0 Å². The molecule has 0 aliphatic rings. The third kappa shape index (κ3) is 1.52. The molecule has 0 amide bonds. The normalized spacial score (nSPS) is 10.3. The average molecular weight is 238 g/mol. The number of aromatic nitrogens is 1. The van der Waals surface area contributed by atoms with Crippen LogP contribution in [0.25, 0.3) is 10.9 Å². The first-order chi connectivity index (χ1) is 6.31. The van der Waals surface area contributed by atoms with E-state index in [0.717, 1.165) is 21.1 Å². The molecule has 2 rings (SSSR count). The van der Waals surface area contributed by atoms with Gasteiger partial charge in [-0.15, -0.1) is 0 Å². The van der Waals surface area contributed by atoms with Crippen LogP contribution in [-0.4, -0.2) is 12.1 Å². The number of fused-ring (bicyclic) bond motifs is 1. The van der Waals surface area contributed by atoms with Crippen LogP contribution in [0.2, 0.25) is 0 Å². The largest absolute Gasteiger partial charge is 0.494 e. The molecule has 1 aromatic heterocycles. The van der Waals surface area contributed by atoms with E-state index in [4.69, 9.17) is 4.74 Å². The van der Waals surface area contributed by atoms with Crippen LogP contribution in [0.5, 0.6) is 5.75 Å². The molecule has 0 fully saturated rings. The Bertz CT molecular complexity index is 442. The molecule has 13 heavy (non-hydrogen) atoms. The minimum absolute atomic E-state index is 0.796. The number of methoxy groups -OCH3 is 1. The Kier molecular flexibility index (Phi) is 2.19. The standard InChI is InChI=1S/C10H8BrNO/c1-13-9-6-8(11)5-7-3-2-4-12-10(7)9/h2-6H,1H3. The van der Waals surface area contributed by atoms with Crippen LogP contribution in [0.15, 0.2) is 34.9 Å². The van der Waals surface area contributed by atoms with E-state index < -0.39 is 0 Å². The van der Waals surface area contributed by atoms with Gasteiger partial charge < -0.3 is 4.74 Å². The second kappa shape index (κ2) is 3.34. The van der Waals surface area contributed by atoms with Gasteiger partial charge in [-0.05, 0) is 18.2 Å². The van der Waals surface area contributed by atoms with Gasteiger partial charge in [0.1, 0.15) is 11.3 Å². The quantitative estimate of drug-likeness (QED) is 0.761. The molecule has 2 nitrogen and oxygen atoms in total. The Balaban J connectivity index is 2.81. The van der Waals surface area contributed by atoms with Crippen molar-refractivity contribution in [1.82, 2.24) is 4.98 Å². The van der Waals surface area contributed by atoms with E-state index >= 15 is 0 Å². The Morgan fingerprint density at radius 1 is 1.38 bits per heavy atom. The zero-order valence-electron chi connectivity index (χ0n) is 7.12. The number of hydrogen-bond acceptors (Lipinski definition) is 2. The minimum Gasteiger partial charge on any atom is -0.494 e. The van der Waals surface area contributed by atoms with E-state index in [1.165, 1.54) is 0 Å². The molecular weight excluding hydrogens is 230 g/mol. The number of ether oxygens (including phenoxy) is 1. The molecule has 3 heteroatoms. The molecule has 0 aliphatic carbocycles. The maximum absolute atomic E-state index is 5.22. The fourth-order valence-corrected chi connectivity index (χ4v) is 1.73. The summed E-state index contributed by atoms with van der Waals surface area (Å²) in [6, 6.07) is 7.85. The summed E-state index contributed by atoms with van der Waals surface area (Å²) in [4.78, 5) is 4.25.